The van der Waals surface area contributed by atoms with Crippen LogP contribution >= 0.6 is 0 Å². The number of anilines is 1. The molecule has 180 valence electrons. The van der Waals surface area contributed by atoms with Crippen LogP contribution in [0.5, 0.6) is 0 Å². The number of aromatic amines is 1. The molecule has 1 atom stereocenters. The first kappa shape index (κ1) is 23.0. The fraction of sp³-hybridized carbons (Fsp3) is 0.542. The standard InChI is InChI=1S/C24H30N6O3S/c1-3-34(32,33)30-14-24(15-30,8-9-25)29-11-7-18(16(2)13-29)20-12-21(28-23(31)17-4-5-17)27-22-19(20)6-10-26-22/h6-7,10,12,16-17H,3-5,8,11,13-15H2,1-2H3,(H2,26,27,28,31)/t16-/m1/s1. The van der Waals surface area contributed by atoms with E-state index in [0.29, 0.717) is 31.9 Å². The summed E-state index contributed by atoms with van der Waals surface area (Å²) in [5.74, 6) is 0.910. The van der Waals surface area contributed by atoms with E-state index in [2.05, 4.69) is 39.3 Å². The molecule has 0 spiro atoms. The molecule has 0 bridgehead atoms. The summed E-state index contributed by atoms with van der Waals surface area (Å²) in [6.07, 6.45) is 6.20. The predicted octanol–water partition coefficient (Wildman–Crippen LogP) is 2.56. The smallest absolute Gasteiger partial charge is 0.228 e. The Morgan fingerprint density at radius 1 is 1.38 bits per heavy atom. The third-order valence-electron chi connectivity index (χ3n) is 7.37. The van der Waals surface area contributed by atoms with Crippen LogP contribution in [0.3, 0.4) is 0 Å². The van der Waals surface area contributed by atoms with Gasteiger partial charge in [-0.2, -0.15) is 9.57 Å². The fourth-order valence-electron chi connectivity index (χ4n) is 5.15. The fourth-order valence-corrected chi connectivity index (χ4v) is 6.39. The molecule has 1 saturated carbocycles. The molecule has 10 heteroatoms. The molecule has 1 aliphatic carbocycles. The van der Waals surface area contributed by atoms with Gasteiger partial charge in [-0.05, 0) is 49.0 Å². The van der Waals surface area contributed by atoms with Gasteiger partial charge in [0.1, 0.15) is 11.5 Å². The summed E-state index contributed by atoms with van der Waals surface area (Å²) >= 11 is 0. The second-order valence-electron chi connectivity index (χ2n) is 9.75. The maximum Gasteiger partial charge on any atom is 0.228 e. The molecule has 4 heterocycles. The summed E-state index contributed by atoms with van der Waals surface area (Å²) in [5, 5.41) is 13.4. The monoisotopic (exact) mass is 482 g/mol. The van der Waals surface area contributed by atoms with Crippen molar-refractivity contribution in [2.24, 2.45) is 11.8 Å². The molecule has 0 unspecified atom stereocenters. The van der Waals surface area contributed by atoms with E-state index in [-0.39, 0.29) is 23.5 Å². The average Bonchev–Trinajstić information content (AvgIpc) is 3.53. The van der Waals surface area contributed by atoms with Crippen LogP contribution < -0.4 is 5.32 Å². The number of hydrogen-bond donors (Lipinski definition) is 2. The number of carbonyl (C=O) groups excluding carboxylic acids is 1. The van der Waals surface area contributed by atoms with Crippen molar-refractivity contribution in [2.75, 3.05) is 37.2 Å². The minimum atomic E-state index is -3.25. The number of fused-ring (bicyclic) bond motifs is 1. The van der Waals surface area contributed by atoms with E-state index < -0.39 is 15.6 Å². The van der Waals surface area contributed by atoms with Gasteiger partial charge in [0.15, 0.2) is 0 Å². The number of sulfonamides is 1. The van der Waals surface area contributed by atoms with Crippen molar-refractivity contribution in [1.82, 2.24) is 19.2 Å². The van der Waals surface area contributed by atoms with Crippen molar-refractivity contribution in [1.29, 1.82) is 5.26 Å². The van der Waals surface area contributed by atoms with Crippen LogP contribution in [0.2, 0.25) is 0 Å². The number of nitrogens with one attached hydrogen (secondary N) is 2. The highest BCUT2D eigenvalue weighted by Gasteiger charge is 2.51. The first-order chi connectivity index (χ1) is 16.3. The minimum Gasteiger partial charge on any atom is -0.346 e. The van der Waals surface area contributed by atoms with Crippen LogP contribution in [0.4, 0.5) is 5.82 Å². The van der Waals surface area contributed by atoms with E-state index in [0.717, 1.165) is 36.0 Å². The van der Waals surface area contributed by atoms with Crippen molar-refractivity contribution in [2.45, 2.75) is 38.6 Å². The largest absolute Gasteiger partial charge is 0.346 e. The summed E-state index contributed by atoms with van der Waals surface area (Å²) in [6.45, 7) is 5.89. The molecule has 2 aromatic rings. The highest BCUT2D eigenvalue weighted by molar-refractivity contribution is 7.89. The maximum absolute atomic E-state index is 12.3. The highest BCUT2D eigenvalue weighted by Crippen LogP contribution is 2.40. The van der Waals surface area contributed by atoms with Crippen LogP contribution in [-0.4, -0.2) is 71.0 Å². The Labute approximate surface area is 199 Å². The normalized spacial score (nSPS) is 23.2. The van der Waals surface area contributed by atoms with Crippen molar-refractivity contribution in [3.8, 4) is 6.07 Å². The van der Waals surface area contributed by atoms with Gasteiger partial charge in [-0.1, -0.05) is 13.0 Å². The van der Waals surface area contributed by atoms with Crippen LogP contribution in [0.25, 0.3) is 16.6 Å². The van der Waals surface area contributed by atoms with Gasteiger partial charge in [-0.3, -0.25) is 9.69 Å². The Balaban J connectivity index is 1.41. The van der Waals surface area contributed by atoms with Crippen LogP contribution in [0.1, 0.15) is 38.7 Å². The lowest BCUT2D eigenvalue weighted by Gasteiger charge is -2.55. The maximum atomic E-state index is 12.3. The van der Waals surface area contributed by atoms with E-state index in [1.54, 1.807) is 6.92 Å². The number of nitriles is 1. The molecule has 9 nitrogen and oxygen atoms in total. The number of nitrogens with zero attached hydrogens (tertiary/aromatic N) is 4. The molecule has 3 aliphatic rings. The SMILES string of the molecule is CCS(=O)(=O)N1CC(CC#N)(N2CC=C(c3cc(NC(=O)C4CC4)nc4[nH]ccc34)[C@H](C)C2)C1. The van der Waals surface area contributed by atoms with Crippen molar-refractivity contribution in [3.05, 3.63) is 30.0 Å². The van der Waals surface area contributed by atoms with Gasteiger partial charge in [0.2, 0.25) is 15.9 Å². The van der Waals surface area contributed by atoms with Gasteiger partial charge in [0.05, 0.1) is 23.8 Å². The van der Waals surface area contributed by atoms with Gasteiger partial charge in [0.25, 0.3) is 0 Å². The molecule has 2 aromatic heterocycles. The van der Waals surface area contributed by atoms with Crippen LogP contribution in [0, 0.1) is 23.2 Å². The topological polar surface area (TPSA) is 122 Å². The van der Waals surface area contributed by atoms with Crippen LogP contribution in [0.15, 0.2) is 24.4 Å². The lowest BCUT2D eigenvalue weighted by Crippen LogP contribution is -2.72. The van der Waals surface area contributed by atoms with Gasteiger partial charge in [-0.25, -0.2) is 13.4 Å². The first-order valence-corrected chi connectivity index (χ1v) is 13.5. The zero-order chi connectivity index (χ0) is 24.1. The first-order valence-electron chi connectivity index (χ1n) is 11.9. The van der Waals surface area contributed by atoms with E-state index in [1.807, 2.05) is 18.3 Å². The third-order valence-corrected chi connectivity index (χ3v) is 9.15. The molecule has 2 aliphatic heterocycles. The third kappa shape index (κ3) is 4.02. The summed E-state index contributed by atoms with van der Waals surface area (Å²) in [5.41, 5.74) is 2.51. The minimum absolute atomic E-state index is 0.0243. The second-order valence-corrected chi connectivity index (χ2v) is 12.0. The van der Waals surface area contributed by atoms with Gasteiger partial charge < -0.3 is 10.3 Å². The summed E-state index contributed by atoms with van der Waals surface area (Å²) < 4.78 is 26.1. The lowest BCUT2D eigenvalue weighted by molar-refractivity contribution is -0.117. The molecule has 1 saturated heterocycles. The molecule has 1 amide bonds. The van der Waals surface area contributed by atoms with Gasteiger partial charge >= 0.3 is 0 Å². The van der Waals surface area contributed by atoms with Gasteiger partial charge in [0, 0.05) is 43.7 Å². The number of pyridine rings is 1. The molecule has 2 N–H and O–H groups in total. The summed E-state index contributed by atoms with van der Waals surface area (Å²) in [4.78, 5) is 22.3. The Morgan fingerprint density at radius 3 is 2.79 bits per heavy atom. The quantitative estimate of drug-likeness (QED) is 0.625. The molecular formula is C24H30N6O3S. The lowest BCUT2D eigenvalue weighted by atomic mass is 9.82. The molecule has 34 heavy (non-hydrogen) atoms. The van der Waals surface area contributed by atoms with Gasteiger partial charge in [-0.15, -0.1) is 0 Å². The summed E-state index contributed by atoms with van der Waals surface area (Å²) in [7, 11) is -3.25. The Morgan fingerprint density at radius 2 is 2.15 bits per heavy atom. The molecular weight excluding hydrogens is 452 g/mol. The number of hydrogen-bond acceptors (Lipinski definition) is 6. The second kappa shape index (κ2) is 8.48. The highest BCUT2D eigenvalue weighted by atomic mass is 32.2. The average molecular weight is 483 g/mol. The molecule has 5 rings (SSSR count). The Bertz CT molecular complexity index is 1300. The van der Waals surface area contributed by atoms with Crippen molar-refractivity contribution < 1.29 is 13.2 Å². The van der Waals surface area contributed by atoms with E-state index >= 15 is 0 Å². The molecule has 0 radical (unpaired) electrons. The van der Waals surface area contributed by atoms with Crippen LogP contribution in [-0.2, 0) is 14.8 Å². The molecule has 2 fully saturated rings. The van der Waals surface area contributed by atoms with E-state index in [9.17, 15) is 18.5 Å². The Kier molecular flexibility index (Phi) is 5.74. The van der Waals surface area contributed by atoms with E-state index in [4.69, 9.17) is 0 Å². The Hall–Kier alpha value is -2.74. The number of aromatic nitrogens is 2. The predicted molar refractivity (Wildman–Crippen MR) is 130 cm³/mol. The number of amides is 1. The zero-order valence-corrected chi connectivity index (χ0v) is 20.4. The number of carbonyl (C=O) groups is 1. The van der Waals surface area contributed by atoms with E-state index in [1.165, 1.54) is 9.88 Å². The summed E-state index contributed by atoms with van der Waals surface area (Å²) in [6, 6.07) is 6.24. The van der Waals surface area contributed by atoms with Crippen molar-refractivity contribution in [3.63, 3.8) is 0 Å². The van der Waals surface area contributed by atoms with Crippen molar-refractivity contribution >= 4 is 38.4 Å². The zero-order valence-electron chi connectivity index (χ0n) is 19.5. The number of rotatable bonds is 7. The number of H-pyrrole nitrogens is 1. The molecule has 0 aromatic carbocycles.